The maximum absolute atomic E-state index is 13.6. The molecule has 142 valence electrons. The summed E-state index contributed by atoms with van der Waals surface area (Å²) in [6.45, 7) is -0.0557. The molecule has 0 atom stereocenters. The third kappa shape index (κ3) is 6.14. The molecular formula is C20H21FN2O4. The fourth-order valence-corrected chi connectivity index (χ4v) is 2.05. The highest BCUT2D eigenvalue weighted by atomic mass is 19.1. The predicted octanol–water partition coefficient (Wildman–Crippen LogP) is 2.95. The summed E-state index contributed by atoms with van der Waals surface area (Å²) in [5.41, 5.74) is 1.11. The van der Waals surface area contributed by atoms with E-state index in [2.05, 4.69) is 5.32 Å². The minimum Gasteiger partial charge on any atom is -0.494 e. The first-order chi connectivity index (χ1) is 12.9. The fourth-order valence-electron chi connectivity index (χ4n) is 2.05. The SMILES string of the molecule is COc1ccc(/C=C/C(=O)Nc2ccc(OCC(=O)N(C)C)cc2)cc1F. The number of anilines is 1. The Morgan fingerprint density at radius 3 is 2.44 bits per heavy atom. The number of halogens is 1. The van der Waals surface area contributed by atoms with Crippen LogP contribution in [0.1, 0.15) is 5.56 Å². The van der Waals surface area contributed by atoms with Crippen LogP contribution >= 0.6 is 0 Å². The van der Waals surface area contributed by atoms with Crippen LogP contribution in [0.4, 0.5) is 10.1 Å². The van der Waals surface area contributed by atoms with Crippen molar-refractivity contribution in [3.05, 3.63) is 59.9 Å². The zero-order valence-corrected chi connectivity index (χ0v) is 15.4. The van der Waals surface area contributed by atoms with E-state index in [0.717, 1.165) is 0 Å². The number of ether oxygens (including phenoxy) is 2. The first-order valence-electron chi connectivity index (χ1n) is 8.14. The Labute approximate surface area is 157 Å². The van der Waals surface area contributed by atoms with E-state index in [1.807, 2.05) is 0 Å². The average molecular weight is 372 g/mol. The van der Waals surface area contributed by atoms with E-state index in [-0.39, 0.29) is 24.2 Å². The van der Waals surface area contributed by atoms with Crippen LogP contribution < -0.4 is 14.8 Å². The van der Waals surface area contributed by atoms with Gasteiger partial charge in [0.15, 0.2) is 18.2 Å². The summed E-state index contributed by atoms with van der Waals surface area (Å²) in [7, 11) is 4.69. The van der Waals surface area contributed by atoms with Gasteiger partial charge in [-0.1, -0.05) is 6.07 Å². The second kappa shape index (κ2) is 9.38. The Hall–Kier alpha value is -3.35. The van der Waals surface area contributed by atoms with Crippen LogP contribution in [0.3, 0.4) is 0 Å². The van der Waals surface area contributed by atoms with Gasteiger partial charge in [0.25, 0.3) is 5.91 Å². The molecule has 7 heteroatoms. The maximum atomic E-state index is 13.6. The molecule has 2 amide bonds. The number of nitrogens with one attached hydrogen (secondary N) is 1. The van der Waals surface area contributed by atoms with Crippen LogP contribution in [-0.4, -0.2) is 44.5 Å². The molecular weight excluding hydrogens is 351 g/mol. The molecule has 1 N–H and O–H groups in total. The second-order valence-electron chi connectivity index (χ2n) is 5.82. The molecule has 0 aliphatic rings. The molecule has 0 fully saturated rings. The zero-order valence-electron chi connectivity index (χ0n) is 15.4. The van der Waals surface area contributed by atoms with E-state index < -0.39 is 5.82 Å². The molecule has 0 aromatic heterocycles. The molecule has 2 aromatic carbocycles. The van der Waals surface area contributed by atoms with Gasteiger partial charge in [-0.15, -0.1) is 0 Å². The van der Waals surface area contributed by atoms with Crippen molar-refractivity contribution < 1.29 is 23.5 Å². The third-order valence-corrected chi connectivity index (χ3v) is 3.59. The Kier molecular flexibility index (Phi) is 6.93. The van der Waals surface area contributed by atoms with Gasteiger partial charge in [0, 0.05) is 25.9 Å². The number of hydrogen-bond acceptors (Lipinski definition) is 4. The standard InChI is InChI=1S/C20H21FN2O4/c1-23(2)20(25)13-27-16-8-6-15(7-9-16)22-19(24)11-5-14-4-10-18(26-3)17(21)12-14/h4-12H,13H2,1-3H3,(H,22,24)/b11-5+. The highest BCUT2D eigenvalue weighted by Gasteiger charge is 2.05. The molecule has 0 heterocycles. The fraction of sp³-hybridized carbons (Fsp3) is 0.200. The number of methoxy groups -OCH3 is 1. The van der Waals surface area contributed by atoms with Gasteiger partial charge in [0.2, 0.25) is 5.91 Å². The Balaban J connectivity index is 1.90. The van der Waals surface area contributed by atoms with Crippen molar-refractivity contribution in [2.45, 2.75) is 0 Å². The molecule has 0 bridgehead atoms. The summed E-state index contributed by atoms with van der Waals surface area (Å²) < 4.78 is 23.8. The summed E-state index contributed by atoms with van der Waals surface area (Å²) >= 11 is 0. The number of benzene rings is 2. The minimum absolute atomic E-state index is 0.0557. The molecule has 2 aromatic rings. The molecule has 0 saturated heterocycles. The molecule has 6 nitrogen and oxygen atoms in total. The number of rotatable bonds is 7. The van der Waals surface area contributed by atoms with Gasteiger partial charge in [-0.2, -0.15) is 0 Å². The number of hydrogen-bond donors (Lipinski definition) is 1. The Morgan fingerprint density at radius 1 is 1.15 bits per heavy atom. The second-order valence-corrected chi connectivity index (χ2v) is 5.82. The monoisotopic (exact) mass is 372 g/mol. The van der Waals surface area contributed by atoms with Crippen molar-refractivity contribution in [3.8, 4) is 11.5 Å². The van der Waals surface area contributed by atoms with E-state index >= 15 is 0 Å². The quantitative estimate of drug-likeness (QED) is 0.759. The lowest BCUT2D eigenvalue weighted by Gasteiger charge is -2.11. The van der Waals surface area contributed by atoms with Gasteiger partial charge in [-0.05, 0) is 48.0 Å². The Morgan fingerprint density at radius 2 is 1.85 bits per heavy atom. The third-order valence-electron chi connectivity index (χ3n) is 3.59. The van der Waals surface area contributed by atoms with Crippen LogP contribution in [0.2, 0.25) is 0 Å². The molecule has 0 saturated carbocycles. The lowest BCUT2D eigenvalue weighted by Crippen LogP contribution is -2.27. The maximum Gasteiger partial charge on any atom is 0.259 e. The number of likely N-dealkylation sites (N-methyl/N-ethyl adjacent to an activating group) is 1. The number of amides is 2. The predicted molar refractivity (Wildman–Crippen MR) is 101 cm³/mol. The van der Waals surface area contributed by atoms with Crippen molar-refractivity contribution in [2.24, 2.45) is 0 Å². The van der Waals surface area contributed by atoms with Gasteiger partial charge >= 0.3 is 0 Å². The summed E-state index contributed by atoms with van der Waals surface area (Å²) in [5.74, 6) is -0.336. The molecule has 0 radical (unpaired) electrons. The first-order valence-corrected chi connectivity index (χ1v) is 8.14. The summed E-state index contributed by atoms with van der Waals surface area (Å²) in [6, 6.07) is 11.0. The van der Waals surface area contributed by atoms with Crippen molar-refractivity contribution in [1.29, 1.82) is 0 Å². The summed E-state index contributed by atoms with van der Waals surface area (Å²) in [6.07, 6.45) is 2.81. The van der Waals surface area contributed by atoms with Crippen LogP contribution in [0.5, 0.6) is 11.5 Å². The molecule has 0 unspecified atom stereocenters. The average Bonchev–Trinajstić information content (AvgIpc) is 2.65. The molecule has 0 spiro atoms. The van der Waals surface area contributed by atoms with Gasteiger partial charge in [-0.25, -0.2) is 4.39 Å². The van der Waals surface area contributed by atoms with Gasteiger partial charge in [0.05, 0.1) is 7.11 Å². The van der Waals surface area contributed by atoms with Crippen molar-refractivity contribution in [1.82, 2.24) is 4.90 Å². The summed E-state index contributed by atoms with van der Waals surface area (Å²) in [4.78, 5) is 24.9. The van der Waals surface area contributed by atoms with E-state index in [1.165, 1.54) is 36.3 Å². The van der Waals surface area contributed by atoms with E-state index in [0.29, 0.717) is 17.0 Å². The van der Waals surface area contributed by atoms with Gasteiger partial charge in [-0.3, -0.25) is 9.59 Å². The van der Waals surface area contributed by atoms with E-state index in [1.54, 1.807) is 44.4 Å². The highest BCUT2D eigenvalue weighted by Crippen LogP contribution is 2.19. The van der Waals surface area contributed by atoms with Crippen LogP contribution in [-0.2, 0) is 9.59 Å². The minimum atomic E-state index is -0.497. The van der Waals surface area contributed by atoms with Crippen LogP contribution in [0.15, 0.2) is 48.5 Å². The van der Waals surface area contributed by atoms with Gasteiger partial charge < -0.3 is 19.7 Å². The molecule has 0 aliphatic carbocycles. The lowest BCUT2D eigenvalue weighted by atomic mass is 10.2. The lowest BCUT2D eigenvalue weighted by molar-refractivity contribution is -0.130. The molecule has 27 heavy (non-hydrogen) atoms. The van der Waals surface area contributed by atoms with Gasteiger partial charge in [0.1, 0.15) is 5.75 Å². The smallest absolute Gasteiger partial charge is 0.259 e. The van der Waals surface area contributed by atoms with E-state index in [4.69, 9.17) is 9.47 Å². The largest absolute Gasteiger partial charge is 0.494 e. The highest BCUT2D eigenvalue weighted by molar-refractivity contribution is 6.01. The normalized spacial score (nSPS) is 10.5. The summed E-state index contributed by atoms with van der Waals surface area (Å²) in [5, 5.41) is 2.68. The van der Waals surface area contributed by atoms with Crippen LogP contribution in [0, 0.1) is 5.82 Å². The number of carbonyl (C=O) groups excluding carboxylic acids is 2. The Bertz CT molecular complexity index is 832. The van der Waals surface area contributed by atoms with Crippen molar-refractivity contribution >= 4 is 23.6 Å². The van der Waals surface area contributed by atoms with E-state index in [9.17, 15) is 14.0 Å². The number of nitrogens with zero attached hydrogens (tertiary/aromatic N) is 1. The molecule has 0 aliphatic heterocycles. The van der Waals surface area contributed by atoms with Crippen LogP contribution in [0.25, 0.3) is 6.08 Å². The van der Waals surface area contributed by atoms with Crippen molar-refractivity contribution in [3.63, 3.8) is 0 Å². The topological polar surface area (TPSA) is 67.9 Å². The zero-order chi connectivity index (χ0) is 19.8. The molecule has 2 rings (SSSR count). The van der Waals surface area contributed by atoms with Crippen molar-refractivity contribution in [2.75, 3.05) is 33.1 Å². The number of carbonyl (C=O) groups is 2. The first kappa shape index (κ1) is 20.0.